The molecule has 0 saturated carbocycles. The smallest absolute Gasteiger partial charge is 0.267 e. The predicted octanol–water partition coefficient (Wildman–Crippen LogP) is 2.87. The van der Waals surface area contributed by atoms with Crippen LogP contribution >= 0.6 is 11.5 Å². The van der Waals surface area contributed by atoms with Crippen molar-refractivity contribution in [1.82, 2.24) is 3.96 Å². The van der Waals surface area contributed by atoms with Gasteiger partial charge in [0.2, 0.25) is 0 Å². The lowest BCUT2D eigenvalue weighted by molar-refractivity contribution is -0.393. The molecule has 1 heterocycles. The lowest BCUT2D eigenvalue weighted by atomic mass is 10.2. The van der Waals surface area contributed by atoms with Gasteiger partial charge in [-0.1, -0.05) is 29.7 Å². The second-order valence-corrected chi connectivity index (χ2v) is 5.37. The topological polar surface area (TPSA) is 108 Å². The van der Waals surface area contributed by atoms with Gasteiger partial charge in [-0.25, -0.2) is 3.96 Å². The zero-order valence-electron chi connectivity index (χ0n) is 10.8. The van der Waals surface area contributed by atoms with Crippen molar-refractivity contribution >= 4 is 33.0 Å². The quantitative estimate of drug-likeness (QED) is 0.545. The SMILES string of the molecule is O=c1c2c([N+](=O)[O-])cc([N+](=O)[O-])cc2sn1-c1ccccc1. The molecule has 0 N–H and O–H groups in total. The second kappa shape index (κ2) is 5.04. The van der Waals surface area contributed by atoms with Gasteiger partial charge in [0.15, 0.2) is 0 Å². The molecule has 0 aliphatic heterocycles. The molecule has 0 spiro atoms. The van der Waals surface area contributed by atoms with Crippen LogP contribution in [0.1, 0.15) is 0 Å². The molecule has 22 heavy (non-hydrogen) atoms. The van der Waals surface area contributed by atoms with Crippen molar-refractivity contribution in [2.75, 3.05) is 0 Å². The van der Waals surface area contributed by atoms with Crippen molar-refractivity contribution in [3.8, 4) is 5.69 Å². The Morgan fingerprint density at radius 2 is 1.68 bits per heavy atom. The molecule has 0 fully saturated rings. The average molecular weight is 317 g/mol. The summed E-state index contributed by atoms with van der Waals surface area (Å²) < 4.78 is 1.48. The van der Waals surface area contributed by atoms with Gasteiger partial charge in [-0.2, -0.15) is 0 Å². The average Bonchev–Trinajstić information content (AvgIpc) is 2.84. The Labute approximate surface area is 126 Å². The Balaban J connectivity index is 2.39. The van der Waals surface area contributed by atoms with Crippen LogP contribution in [-0.4, -0.2) is 13.8 Å². The lowest BCUT2D eigenvalue weighted by Gasteiger charge is -1.97. The maximum Gasteiger partial charge on any atom is 0.290 e. The lowest BCUT2D eigenvalue weighted by Crippen LogP contribution is -2.11. The first kappa shape index (κ1) is 13.9. The first-order valence-electron chi connectivity index (χ1n) is 6.03. The Hall–Kier alpha value is -3.07. The summed E-state index contributed by atoms with van der Waals surface area (Å²) in [5, 5.41) is 21.9. The largest absolute Gasteiger partial charge is 0.290 e. The molecule has 0 aliphatic carbocycles. The van der Waals surface area contributed by atoms with Crippen molar-refractivity contribution in [2.45, 2.75) is 0 Å². The fourth-order valence-electron chi connectivity index (χ4n) is 2.10. The van der Waals surface area contributed by atoms with E-state index in [0.29, 0.717) is 5.69 Å². The molecule has 110 valence electrons. The van der Waals surface area contributed by atoms with Gasteiger partial charge in [-0.15, -0.1) is 0 Å². The van der Waals surface area contributed by atoms with E-state index in [2.05, 4.69) is 0 Å². The van der Waals surface area contributed by atoms with Crippen LogP contribution in [0.4, 0.5) is 11.4 Å². The number of nitrogens with zero attached hydrogens (tertiary/aromatic N) is 3. The molecule has 0 bridgehead atoms. The normalized spacial score (nSPS) is 10.7. The third-order valence-corrected chi connectivity index (χ3v) is 4.13. The third kappa shape index (κ3) is 2.13. The molecule has 1 aromatic heterocycles. The molecule has 8 nitrogen and oxygen atoms in total. The highest BCUT2D eigenvalue weighted by Gasteiger charge is 2.25. The number of nitro benzene ring substituents is 2. The first-order valence-corrected chi connectivity index (χ1v) is 6.80. The van der Waals surface area contributed by atoms with E-state index in [4.69, 9.17) is 0 Å². The van der Waals surface area contributed by atoms with Crippen molar-refractivity contribution < 1.29 is 9.85 Å². The molecule has 0 unspecified atom stereocenters. The van der Waals surface area contributed by atoms with Crippen LogP contribution < -0.4 is 5.56 Å². The zero-order valence-corrected chi connectivity index (χ0v) is 11.6. The number of para-hydroxylation sites is 1. The van der Waals surface area contributed by atoms with Crippen LogP contribution in [0.25, 0.3) is 15.8 Å². The van der Waals surface area contributed by atoms with Gasteiger partial charge in [0, 0.05) is 6.07 Å². The number of hydrogen-bond donors (Lipinski definition) is 0. The Morgan fingerprint density at radius 1 is 1.00 bits per heavy atom. The fraction of sp³-hybridized carbons (Fsp3) is 0. The van der Waals surface area contributed by atoms with Gasteiger partial charge in [0.1, 0.15) is 5.39 Å². The second-order valence-electron chi connectivity index (χ2n) is 4.38. The monoisotopic (exact) mass is 317 g/mol. The van der Waals surface area contributed by atoms with Crippen molar-refractivity contribution in [1.29, 1.82) is 0 Å². The van der Waals surface area contributed by atoms with Crippen LogP contribution in [0.2, 0.25) is 0 Å². The van der Waals surface area contributed by atoms with E-state index in [1.54, 1.807) is 30.3 Å². The number of nitro groups is 2. The summed E-state index contributed by atoms with van der Waals surface area (Å²) in [5.74, 6) is 0. The highest BCUT2D eigenvalue weighted by Crippen LogP contribution is 2.32. The molecule has 0 aliphatic rings. The van der Waals surface area contributed by atoms with Crippen LogP contribution in [0.15, 0.2) is 47.3 Å². The molecule has 3 aromatic rings. The van der Waals surface area contributed by atoms with Crippen LogP contribution in [-0.2, 0) is 0 Å². The standard InChI is InChI=1S/C13H7N3O5S/c17-13-12-10(16(20)21)6-9(15(18)19)7-11(12)22-14(13)8-4-2-1-3-5-8/h1-7H. The zero-order chi connectivity index (χ0) is 15.9. The minimum absolute atomic E-state index is 0.121. The van der Waals surface area contributed by atoms with Crippen molar-refractivity contribution in [2.24, 2.45) is 0 Å². The predicted molar refractivity (Wildman–Crippen MR) is 80.7 cm³/mol. The highest BCUT2D eigenvalue weighted by molar-refractivity contribution is 7.14. The van der Waals surface area contributed by atoms with E-state index < -0.39 is 26.8 Å². The van der Waals surface area contributed by atoms with E-state index in [0.717, 1.165) is 17.6 Å². The van der Waals surface area contributed by atoms with Crippen molar-refractivity contribution in [3.63, 3.8) is 0 Å². The minimum atomic E-state index is -0.779. The molecule has 3 rings (SSSR count). The minimum Gasteiger partial charge on any atom is -0.267 e. The van der Waals surface area contributed by atoms with Gasteiger partial charge >= 0.3 is 0 Å². The van der Waals surface area contributed by atoms with Crippen LogP contribution in [0, 0.1) is 20.2 Å². The number of aromatic nitrogens is 1. The number of benzene rings is 2. The Bertz CT molecular complexity index is 961. The van der Waals surface area contributed by atoms with Gasteiger partial charge in [-0.3, -0.25) is 25.0 Å². The van der Waals surface area contributed by atoms with Gasteiger partial charge in [0.25, 0.3) is 16.9 Å². The molecular weight excluding hydrogens is 310 g/mol. The van der Waals surface area contributed by atoms with Gasteiger partial charge < -0.3 is 0 Å². The Morgan fingerprint density at radius 3 is 2.27 bits per heavy atom. The van der Waals surface area contributed by atoms with E-state index in [1.165, 1.54) is 10.0 Å². The van der Waals surface area contributed by atoms with E-state index >= 15 is 0 Å². The molecule has 0 atom stereocenters. The maximum atomic E-state index is 12.4. The molecule has 0 amide bonds. The van der Waals surface area contributed by atoms with Gasteiger partial charge in [0.05, 0.1) is 26.3 Å². The summed E-state index contributed by atoms with van der Waals surface area (Å²) in [6.45, 7) is 0. The summed E-state index contributed by atoms with van der Waals surface area (Å²) in [5.41, 5.74) is -0.987. The molecule has 0 saturated heterocycles. The summed E-state index contributed by atoms with van der Waals surface area (Å²) in [7, 11) is 0. The molecule has 0 radical (unpaired) electrons. The maximum absolute atomic E-state index is 12.4. The Kier molecular flexibility index (Phi) is 3.18. The number of hydrogen-bond acceptors (Lipinski definition) is 6. The van der Waals surface area contributed by atoms with E-state index in [1.807, 2.05) is 0 Å². The van der Waals surface area contributed by atoms with Gasteiger partial charge in [-0.05, 0) is 12.1 Å². The summed E-state index contributed by atoms with van der Waals surface area (Å²) in [6.07, 6.45) is 0. The third-order valence-electron chi connectivity index (χ3n) is 3.05. The fourth-order valence-corrected chi connectivity index (χ4v) is 3.15. The highest BCUT2D eigenvalue weighted by atomic mass is 32.1. The summed E-state index contributed by atoms with van der Waals surface area (Å²) in [6, 6.07) is 10.6. The van der Waals surface area contributed by atoms with Crippen LogP contribution in [0.3, 0.4) is 0 Å². The number of fused-ring (bicyclic) bond motifs is 1. The number of rotatable bonds is 3. The molecule has 2 aromatic carbocycles. The summed E-state index contributed by atoms with van der Waals surface area (Å²) in [4.78, 5) is 32.9. The number of non-ortho nitro benzene ring substituents is 2. The van der Waals surface area contributed by atoms with E-state index in [-0.39, 0.29) is 10.1 Å². The first-order chi connectivity index (χ1) is 10.5. The van der Waals surface area contributed by atoms with E-state index in [9.17, 15) is 25.0 Å². The summed E-state index contributed by atoms with van der Waals surface area (Å²) >= 11 is 0.935. The van der Waals surface area contributed by atoms with Crippen LogP contribution in [0.5, 0.6) is 0 Å². The molecular formula is C13H7N3O5S. The van der Waals surface area contributed by atoms with Crippen molar-refractivity contribution in [3.05, 3.63) is 73.0 Å². The molecule has 9 heteroatoms.